The van der Waals surface area contributed by atoms with Crippen molar-refractivity contribution >= 4 is 40.7 Å². The van der Waals surface area contributed by atoms with Gasteiger partial charge in [-0.2, -0.15) is 0 Å². The van der Waals surface area contributed by atoms with Crippen LogP contribution in [0.25, 0.3) is 0 Å². The lowest BCUT2D eigenvalue weighted by Crippen LogP contribution is -2.47. The van der Waals surface area contributed by atoms with Crippen molar-refractivity contribution < 1.29 is 8.63 Å². The van der Waals surface area contributed by atoms with E-state index in [1.807, 2.05) is 19.1 Å². The van der Waals surface area contributed by atoms with Crippen LogP contribution in [0.5, 0.6) is 0 Å². The summed E-state index contributed by atoms with van der Waals surface area (Å²) in [6.45, 7) is 11.8. The first kappa shape index (κ1) is 26.4. The zero-order chi connectivity index (χ0) is 20.4. The molecule has 2 rings (SSSR count). The highest BCUT2D eigenvalue weighted by Gasteiger charge is 2.26. The summed E-state index contributed by atoms with van der Waals surface area (Å²) >= 11 is 0. The van der Waals surface area contributed by atoms with Crippen LogP contribution < -0.4 is 10.6 Å². The van der Waals surface area contributed by atoms with Gasteiger partial charge in [0.05, 0.1) is 18.8 Å². The van der Waals surface area contributed by atoms with E-state index in [0.29, 0.717) is 17.8 Å². The molecule has 4 atom stereocenters. The summed E-state index contributed by atoms with van der Waals surface area (Å²) in [4.78, 5) is 7.26. The van der Waals surface area contributed by atoms with Crippen LogP contribution in [-0.2, 0) is 10.8 Å². The largest absolute Gasteiger partial charge is 0.468 e. The van der Waals surface area contributed by atoms with Crippen molar-refractivity contribution in [2.45, 2.75) is 70.7 Å². The number of rotatable bonds is 10. The number of likely N-dealkylation sites (N-methyl/N-ethyl adjacent to an activating group) is 1. The van der Waals surface area contributed by atoms with Crippen molar-refractivity contribution in [3.63, 3.8) is 0 Å². The van der Waals surface area contributed by atoms with Crippen LogP contribution in [0.4, 0.5) is 0 Å². The van der Waals surface area contributed by atoms with E-state index in [0.717, 1.165) is 62.8 Å². The SMILES string of the molecule is CCNC(=NCC(c1ccco1)N(CC)CC)NC1CCCC(S(=O)CC)C1.I. The molecule has 1 aliphatic carbocycles. The Morgan fingerprint density at radius 2 is 2.07 bits per heavy atom. The lowest BCUT2D eigenvalue weighted by molar-refractivity contribution is 0.198. The van der Waals surface area contributed by atoms with Gasteiger partial charge in [0.25, 0.3) is 0 Å². The van der Waals surface area contributed by atoms with E-state index in [2.05, 4.69) is 36.3 Å². The number of nitrogens with zero attached hydrogens (tertiary/aromatic N) is 2. The van der Waals surface area contributed by atoms with Crippen molar-refractivity contribution in [2.24, 2.45) is 4.99 Å². The average Bonchev–Trinajstić information content (AvgIpc) is 3.25. The zero-order valence-corrected chi connectivity index (χ0v) is 21.5. The van der Waals surface area contributed by atoms with E-state index >= 15 is 0 Å². The molecule has 0 radical (unpaired) electrons. The van der Waals surface area contributed by atoms with E-state index in [9.17, 15) is 4.21 Å². The third kappa shape index (κ3) is 8.20. The zero-order valence-electron chi connectivity index (χ0n) is 18.4. The average molecular weight is 539 g/mol. The summed E-state index contributed by atoms with van der Waals surface area (Å²) in [5, 5.41) is 7.29. The fraction of sp³-hybridized carbons (Fsp3) is 0.762. The van der Waals surface area contributed by atoms with Gasteiger partial charge in [0.15, 0.2) is 5.96 Å². The molecule has 1 heterocycles. The molecule has 29 heavy (non-hydrogen) atoms. The second-order valence-electron chi connectivity index (χ2n) is 7.27. The van der Waals surface area contributed by atoms with E-state index < -0.39 is 10.8 Å². The Hall–Kier alpha value is -0.610. The summed E-state index contributed by atoms with van der Waals surface area (Å²) in [5.41, 5.74) is 0. The van der Waals surface area contributed by atoms with Crippen molar-refractivity contribution in [2.75, 3.05) is 31.9 Å². The summed E-state index contributed by atoms with van der Waals surface area (Å²) in [7, 11) is -0.712. The molecule has 4 unspecified atom stereocenters. The van der Waals surface area contributed by atoms with E-state index in [1.54, 1.807) is 6.26 Å². The van der Waals surface area contributed by atoms with Gasteiger partial charge in [0, 0.05) is 34.4 Å². The summed E-state index contributed by atoms with van der Waals surface area (Å²) < 4.78 is 17.9. The normalized spacial score (nSPS) is 22.0. The van der Waals surface area contributed by atoms with Crippen molar-refractivity contribution in [1.29, 1.82) is 0 Å². The molecule has 8 heteroatoms. The minimum absolute atomic E-state index is 0. The summed E-state index contributed by atoms with van der Waals surface area (Å²) in [6, 6.07) is 4.44. The van der Waals surface area contributed by atoms with Crippen LogP contribution in [0.3, 0.4) is 0 Å². The number of halogens is 1. The number of nitrogens with one attached hydrogen (secondary N) is 2. The summed E-state index contributed by atoms with van der Waals surface area (Å²) in [5.74, 6) is 2.55. The molecule has 1 fully saturated rings. The van der Waals surface area contributed by atoms with Gasteiger partial charge >= 0.3 is 0 Å². The monoisotopic (exact) mass is 538 g/mol. The van der Waals surface area contributed by atoms with Crippen LogP contribution in [0.15, 0.2) is 27.8 Å². The number of hydrogen-bond donors (Lipinski definition) is 2. The van der Waals surface area contributed by atoms with Crippen LogP contribution >= 0.6 is 24.0 Å². The van der Waals surface area contributed by atoms with E-state index in [1.165, 1.54) is 0 Å². The first-order valence-electron chi connectivity index (χ1n) is 10.8. The minimum atomic E-state index is -0.712. The molecule has 1 saturated carbocycles. The quantitative estimate of drug-likeness (QED) is 0.269. The Bertz CT molecular complexity index is 608. The molecule has 0 aliphatic heterocycles. The molecule has 0 bridgehead atoms. The van der Waals surface area contributed by atoms with Crippen molar-refractivity contribution in [3.8, 4) is 0 Å². The molecule has 1 aromatic heterocycles. The van der Waals surface area contributed by atoms with Crippen LogP contribution in [0.2, 0.25) is 0 Å². The topological polar surface area (TPSA) is 69.9 Å². The molecule has 0 saturated heterocycles. The number of aliphatic imine (C=N–C) groups is 1. The highest BCUT2D eigenvalue weighted by Crippen LogP contribution is 2.24. The molecule has 0 spiro atoms. The predicted octanol–water partition coefficient (Wildman–Crippen LogP) is 3.92. The van der Waals surface area contributed by atoms with Gasteiger partial charge in [-0.3, -0.25) is 14.1 Å². The fourth-order valence-corrected chi connectivity index (χ4v) is 5.32. The Morgan fingerprint density at radius 1 is 1.31 bits per heavy atom. The smallest absolute Gasteiger partial charge is 0.191 e. The third-order valence-corrected chi connectivity index (χ3v) is 7.26. The Kier molecular flexibility index (Phi) is 13.1. The molecule has 168 valence electrons. The molecule has 2 N–H and O–H groups in total. The highest BCUT2D eigenvalue weighted by molar-refractivity contribution is 14.0. The third-order valence-electron chi connectivity index (χ3n) is 5.51. The number of hydrogen-bond acceptors (Lipinski definition) is 4. The second kappa shape index (κ2) is 14.4. The maximum atomic E-state index is 12.2. The molecule has 6 nitrogen and oxygen atoms in total. The van der Waals surface area contributed by atoms with Gasteiger partial charge in [0.2, 0.25) is 0 Å². The second-order valence-corrected chi connectivity index (χ2v) is 9.28. The van der Waals surface area contributed by atoms with Gasteiger partial charge < -0.3 is 15.1 Å². The Balaban J connectivity index is 0.00000420. The lowest BCUT2D eigenvalue weighted by atomic mass is 9.95. The molecule has 0 aromatic carbocycles. The molecule has 0 amide bonds. The van der Waals surface area contributed by atoms with E-state index in [4.69, 9.17) is 9.41 Å². The Morgan fingerprint density at radius 3 is 2.66 bits per heavy atom. The van der Waals surface area contributed by atoms with Crippen molar-refractivity contribution in [1.82, 2.24) is 15.5 Å². The van der Waals surface area contributed by atoms with Crippen LogP contribution in [0.1, 0.15) is 65.2 Å². The summed E-state index contributed by atoms with van der Waals surface area (Å²) in [6.07, 6.45) is 6.01. The Labute approximate surface area is 196 Å². The van der Waals surface area contributed by atoms with Gasteiger partial charge in [0.1, 0.15) is 5.76 Å². The maximum Gasteiger partial charge on any atom is 0.191 e. The van der Waals surface area contributed by atoms with Gasteiger partial charge in [-0.05, 0) is 51.4 Å². The van der Waals surface area contributed by atoms with Crippen molar-refractivity contribution in [3.05, 3.63) is 24.2 Å². The standard InChI is InChI=1S/C21H38N4O2S.HI/c1-5-22-21(24-17-11-9-12-18(15-17)28(26)8-4)23-16-19(25(6-2)7-3)20-13-10-14-27-20;/h10,13-14,17-19H,5-9,11-12,15-16H2,1-4H3,(H2,22,23,24);1H. The van der Waals surface area contributed by atoms with Gasteiger partial charge in [-0.15, -0.1) is 24.0 Å². The fourth-order valence-electron chi connectivity index (χ4n) is 3.97. The van der Waals surface area contributed by atoms with E-state index in [-0.39, 0.29) is 30.0 Å². The first-order chi connectivity index (χ1) is 13.6. The van der Waals surface area contributed by atoms with Crippen LogP contribution in [-0.4, -0.2) is 58.3 Å². The van der Waals surface area contributed by atoms with Gasteiger partial charge in [-0.25, -0.2) is 0 Å². The first-order valence-corrected chi connectivity index (χ1v) is 12.2. The van der Waals surface area contributed by atoms with Gasteiger partial charge in [-0.1, -0.05) is 27.2 Å². The lowest BCUT2D eigenvalue weighted by Gasteiger charge is -2.31. The molecular formula is C21H39IN4O2S. The van der Waals surface area contributed by atoms with Crippen LogP contribution in [0, 0.1) is 0 Å². The molecule has 1 aromatic rings. The molecule has 1 aliphatic rings. The molecular weight excluding hydrogens is 499 g/mol. The number of guanidine groups is 1. The predicted molar refractivity (Wildman–Crippen MR) is 134 cm³/mol. The number of furan rings is 1. The maximum absolute atomic E-state index is 12.2. The highest BCUT2D eigenvalue weighted by atomic mass is 127. The minimum Gasteiger partial charge on any atom is -0.468 e.